The van der Waals surface area contributed by atoms with Crippen LogP contribution in [0.2, 0.25) is 0 Å². The molecule has 66 valence electrons. The molecule has 2 atom stereocenters. The highest BCUT2D eigenvalue weighted by molar-refractivity contribution is 5.03. The first-order valence-electron chi connectivity index (χ1n) is 4.35. The molecular weight excluding hydrogens is 138 g/mol. The highest BCUT2D eigenvalue weighted by Gasteiger charge is 2.49. The summed E-state index contributed by atoms with van der Waals surface area (Å²) in [5, 5.41) is 9.03. The third kappa shape index (κ3) is 1.09. The van der Waals surface area contributed by atoms with Gasteiger partial charge in [0.1, 0.15) is 0 Å². The van der Waals surface area contributed by atoms with Crippen molar-refractivity contribution in [2.75, 3.05) is 0 Å². The third-order valence-corrected chi connectivity index (χ3v) is 3.98. The van der Waals surface area contributed by atoms with Crippen LogP contribution in [-0.4, -0.2) is 10.7 Å². The second kappa shape index (κ2) is 2.46. The lowest BCUT2D eigenvalue weighted by Gasteiger charge is -2.39. The molecule has 0 aliphatic heterocycles. The van der Waals surface area contributed by atoms with Crippen LogP contribution in [-0.2, 0) is 0 Å². The van der Waals surface area contributed by atoms with Gasteiger partial charge in [-0.2, -0.15) is 5.48 Å². The zero-order valence-corrected chi connectivity index (χ0v) is 7.94. The minimum Gasteiger partial charge on any atom is -0.316 e. The quantitative estimate of drug-likeness (QED) is 0.572. The Morgan fingerprint density at radius 1 is 1.36 bits per heavy atom. The molecule has 1 saturated carbocycles. The second-order valence-corrected chi connectivity index (χ2v) is 4.61. The molecule has 2 N–H and O–H groups in total. The molecule has 1 unspecified atom stereocenters. The molecule has 1 fully saturated rings. The number of rotatable bonds is 1. The van der Waals surface area contributed by atoms with Crippen molar-refractivity contribution in [3.8, 4) is 0 Å². The summed E-state index contributed by atoms with van der Waals surface area (Å²) in [5.41, 5.74) is 2.57. The van der Waals surface area contributed by atoms with E-state index in [9.17, 15) is 0 Å². The van der Waals surface area contributed by atoms with E-state index in [4.69, 9.17) is 5.21 Å². The van der Waals surface area contributed by atoms with E-state index in [0.29, 0.717) is 5.92 Å². The van der Waals surface area contributed by atoms with Crippen molar-refractivity contribution < 1.29 is 5.21 Å². The molecule has 1 aliphatic carbocycles. The standard InChI is InChI=1S/C9H19NO/c1-7-5-6-9(4,10-11)8(7,2)3/h7,10-11H,5-6H2,1-4H3/t7?,9-/m0/s1. The Labute approximate surface area is 69.0 Å². The van der Waals surface area contributed by atoms with Crippen molar-refractivity contribution in [1.29, 1.82) is 0 Å². The summed E-state index contributed by atoms with van der Waals surface area (Å²) in [5.74, 6) is 0.687. The summed E-state index contributed by atoms with van der Waals surface area (Å²) in [7, 11) is 0. The van der Waals surface area contributed by atoms with E-state index in [-0.39, 0.29) is 11.0 Å². The maximum atomic E-state index is 9.03. The van der Waals surface area contributed by atoms with Crippen LogP contribution in [0.25, 0.3) is 0 Å². The molecule has 2 nitrogen and oxygen atoms in total. The molecule has 0 radical (unpaired) electrons. The first-order chi connectivity index (χ1) is 4.94. The van der Waals surface area contributed by atoms with E-state index in [0.717, 1.165) is 6.42 Å². The van der Waals surface area contributed by atoms with Crippen LogP contribution in [0.5, 0.6) is 0 Å². The van der Waals surface area contributed by atoms with Crippen molar-refractivity contribution >= 4 is 0 Å². The van der Waals surface area contributed by atoms with Crippen molar-refractivity contribution in [3.63, 3.8) is 0 Å². The molecular formula is C9H19NO. The highest BCUT2D eigenvalue weighted by Crippen LogP contribution is 2.49. The molecule has 0 amide bonds. The van der Waals surface area contributed by atoms with Gasteiger partial charge in [-0.05, 0) is 31.1 Å². The van der Waals surface area contributed by atoms with Crippen LogP contribution in [0.3, 0.4) is 0 Å². The summed E-state index contributed by atoms with van der Waals surface area (Å²) in [6.07, 6.45) is 2.27. The van der Waals surface area contributed by atoms with E-state index in [2.05, 4.69) is 33.2 Å². The summed E-state index contributed by atoms with van der Waals surface area (Å²) in [6, 6.07) is 0. The maximum absolute atomic E-state index is 9.03. The van der Waals surface area contributed by atoms with E-state index < -0.39 is 0 Å². The van der Waals surface area contributed by atoms with Crippen LogP contribution in [0.4, 0.5) is 0 Å². The Morgan fingerprint density at radius 2 is 1.91 bits per heavy atom. The lowest BCUT2D eigenvalue weighted by Crippen LogP contribution is -2.50. The Balaban J connectivity index is 2.86. The van der Waals surface area contributed by atoms with Gasteiger partial charge in [0.15, 0.2) is 0 Å². The fraction of sp³-hybridized carbons (Fsp3) is 1.00. The predicted octanol–water partition coefficient (Wildman–Crippen LogP) is 2.18. The first-order valence-corrected chi connectivity index (χ1v) is 4.35. The minimum absolute atomic E-state index is 0.0909. The van der Waals surface area contributed by atoms with Crippen LogP contribution in [0.1, 0.15) is 40.5 Å². The lowest BCUT2D eigenvalue weighted by atomic mass is 9.72. The molecule has 0 aromatic carbocycles. The third-order valence-electron chi connectivity index (χ3n) is 3.98. The molecule has 0 heterocycles. The lowest BCUT2D eigenvalue weighted by molar-refractivity contribution is 0.00347. The molecule has 1 aliphatic rings. The zero-order valence-electron chi connectivity index (χ0n) is 7.94. The molecule has 0 spiro atoms. The maximum Gasteiger partial charge on any atom is 0.0455 e. The number of hydrogen-bond acceptors (Lipinski definition) is 2. The highest BCUT2D eigenvalue weighted by atomic mass is 16.5. The summed E-state index contributed by atoms with van der Waals surface area (Å²) in [6.45, 7) is 8.78. The van der Waals surface area contributed by atoms with Crippen LogP contribution in [0, 0.1) is 11.3 Å². The van der Waals surface area contributed by atoms with E-state index >= 15 is 0 Å². The van der Waals surface area contributed by atoms with Gasteiger partial charge in [-0.25, -0.2) is 0 Å². The van der Waals surface area contributed by atoms with Crippen LogP contribution >= 0.6 is 0 Å². The minimum atomic E-state index is -0.0909. The number of hydrogen-bond donors (Lipinski definition) is 2. The van der Waals surface area contributed by atoms with Crippen molar-refractivity contribution in [2.45, 2.75) is 46.1 Å². The van der Waals surface area contributed by atoms with Crippen LogP contribution < -0.4 is 5.48 Å². The molecule has 0 aromatic rings. The topological polar surface area (TPSA) is 32.3 Å². The Kier molecular flexibility index (Phi) is 2.01. The van der Waals surface area contributed by atoms with Gasteiger partial charge in [-0.1, -0.05) is 20.8 Å². The van der Waals surface area contributed by atoms with Gasteiger partial charge in [0.25, 0.3) is 0 Å². The average molecular weight is 157 g/mol. The SMILES string of the molecule is CC1CC[C@](C)(NO)C1(C)C. The number of hydroxylamine groups is 1. The van der Waals surface area contributed by atoms with E-state index in [1.165, 1.54) is 6.42 Å². The van der Waals surface area contributed by atoms with Crippen molar-refractivity contribution in [2.24, 2.45) is 11.3 Å². The fourth-order valence-electron chi connectivity index (χ4n) is 1.93. The van der Waals surface area contributed by atoms with Crippen LogP contribution in [0.15, 0.2) is 0 Å². The first kappa shape index (κ1) is 9.01. The summed E-state index contributed by atoms with van der Waals surface area (Å²) >= 11 is 0. The van der Waals surface area contributed by atoms with Gasteiger partial charge in [0.05, 0.1) is 0 Å². The average Bonchev–Trinajstić information content (AvgIpc) is 2.15. The van der Waals surface area contributed by atoms with Gasteiger partial charge in [-0.15, -0.1) is 0 Å². The molecule has 0 aromatic heterocycles. The predicted molar refractivity (Wildman–Crippen MR) is 45.5 cm³/mol. The Bertz CT molecular complexity index is 153. The smallest absolute Gasteiger partial charge is 0.0455 e. The molecule has 0 saturated heterocycles. The zero-order chi connectivity index (χ0) is 8.70. The van der Waals surface area contributed by atoms with Crippen molar-refractivity contribution in [3.05, 3.63) is 0 Å². The molecule has 1 rings (SSSR count). The normalized spacial score (nSPS) is 42.8. The van der Waals surface area contributed by atoms with Crippen molar-refractivity contribution in [1.82, 2.24) is 5.48 Å². The van der Waals surface area contributed by atoms with E-state index in [1.54, 1.807) is 0 Å². The largest absolute Gasteiger partial charge is 0.316 e. The van der Waals surface area contributed by atoms with E-state index in [1.807, 2.05) is 0 Å². The molecule has 2 heteroatoms. The molecule has 11 heavy (non-hydrogen) atoms. The Morgan fingerprint density at radius 3 is 2.09 bits per heavy atom. The monoisotopic (exact) mass is 157 g/mol. The van der Waals surface area contributed by atoms with Gasteiger partial charge < -0.3 is 5.21 Å². The van der Waals surface area contributed by atoms with Gasteiger partial charge in [0.2, 0.25) is 0 Å². The summed E-state index contributed by atoms with van der Waals surface area (Å²) in [4.78, 5) is 0. The van der Waals surface area contributed by atoms with Gasteiger partial charge >= 0.3 is 0 Å². The van der Waals surface area contributed by atoms with Gasteiger partial charge in [-0.3, -0.25) is 0 Å². The number of nitrogens with one attached hydrogen (secondary N) is 1. The Hall–Kier alpha value is -0.0800. The molecule has 0 bridgehead atoms. The van der Waals surface area contributed by atoms with Gasteiger partial charge in [0, 0.05) is 5.54 Å². The summed E-state index contributed by atoms with van der Waals surface area (Å²) < 4.78 is 0. The second-order valence-electron chi connectivity index (χ2n) is 4.61. The fourth-order valence-corrected chi connectivity index (χ4v) is 1.93.